The van der Waals surface area contributed by atoms with Crippen LogP contribution in [0.1, 0.15) is 24.0 Å². The summed E-state index contributed by atoms with van der Waals surface area (Å²) in [6.07, 6.45) is 2.06. The Bertz CT molecular complexity index is 625. The number of hydrogen-bond acceptors (Lipinski definition) is 3. The predicted octanol–water partition coefficient (Wildman–Crippen LogP) is 1.88. The van der Waals surface area contributed by atoms with Crippen molar-refractivity contribution in [1.82, 2.24) is 20.0 Å². The van der Waals surface area contributed by atoms with Crippen molar-refractivity contribution in [1.29, 1.82) is 0 Å². The summed E-state index contributed by atoms with van der Waals surface area (Å²) < 4.78 is 2.18. The second-order valence-electron chi connectivity index (χ2n) is 5.77. The summed E-state index contributed by atoms with van der Waals surface area (Å²) >= 11 is 0. The van der Waals surface area contributed by atoms with Crippen molar-refractivity contribution in [2.45, 2.75) is 19.5 Å². The van der Waals surface area contributed by atoms with E-state index in [0.29, 0.717) is 5.92 Å². The van der Waals surface area contributed by atoms with Gasteiger partial charge in [-0.3, -0.25) is 9.58 Å². The van der Waals surface area contributed by atoms with Crippen LogP contribution in [-0.4, -0.2) is 40.9 Å². The molecule has 1 aromatic carbocycles. The van der Waals surface area contributed by atoms with Gasteiger partial charge < -0.3 is 5.32 Å². The number of hydrogen-bond donors (Lipinski definition) is 1. The average molecular weight is 268 g/mol. The Morgan fingerprint density at radius 2 is 2.00 bits per heavy atom. The molecule has 2 aliphatic rings. The van der Waals surface area contributed by atoms with Gasteiger partial charge in [-0.25, -0.2) is 0 Å². The summed E-state index contributed by atoms with van der Waals surface area (Å²) in [6, 6.07) is 8.74. The molecule has 2 heterocycles. The molecule has 2 aromatic rings. The first-order chi connectivity index (χ1) is 9.84. The molecule has 1 N–H and O–H groups in total. The third-order valence-corrected chi connectivity index (χ3v) is 4.56. The first kappa shape index (κ1) is 12.1. The Hall–Kier alpha value is -1.65. The molecule has 1 atom stereocenters. The molecule has 1 aromatic heterocycles. The lowest BCUT2D eigenvalue weighted by atomic mass is 10.0. The number of nitrogens with zero attached hydrogens (tertiary/aromatic N) is 3. The SMILES string of the molecule is CC1c2ccccc2-c2c1cnn2CN1CCNCC1. The number of nitrogens with one attached hydrogen (secondary N) is 1. The minimum absolute atomic E-state index is 0.470. The maximum Gasteiger partial charge on any atom is 0.0937 e. The summed E-state index contributed by atoms with van der Waals surface area (Å²) in [4.78, 5) is 2.47. The molecule has 0 saturated carbocycles. The highest BCUT2D eigenvalue weighted by Crippen LogP contribution is 2.44. The van der Waals surface area contributed by atoms with E-state index in [1.807, 2.05) is 0 Å². The van der Waals surface area contributed by atoms with E-state index in [9.17, 15) is 0 Å². The van der Waals surface area contributed by atoms with Gasteiger partial charge in [-0.05, 0) is 5.56 Å². The lowest BCUT2D eigenvalue weighted by Crippen LogP contribution is -2.44. The molecule has 104 valence electrons. The van der Waals surface area contributed by atoms with Crippen molar-refractivity contribution in [3.63, 3.8) is 0 Å². The third kappa shape index (κ3) is 1.79. The molecule has 1 fully saturated rings. The molecule has 1 saturated heterocycles. The Kier molecular flexibility index (Phi) is 2.86. The molecule has 20 heavy (non-hydrogen) atoms. The maximum atomic E-state index is 4.64. The van der Waals surface area contributed by atoms with Crippen LogP contribution in [-0.2, 0) is 6.67 Å². The van der Waals surface area contributed by atoms with Crippen LogP contribution in [0.4, 0.5) is 0 Å². The predicted molar refractivity (Wildman–Crippen MR) is 79.6 cm³/mol. The van der Waals surface area contributed by atoms with E-state index in [-0.39, 0.29) is 0 Å². The summed E-state index contributed by atoms with van der Waals surface area (Å²) in [5.74, 6) is 0.470. The van der Waals surface area contributed by atoms with Gasteiger partial charge in [-0.1, -0.05) is 31.2 Å². The van der Waals surface area contributed by atoms with Crippen molar-refractivity contribution in [3.8, 4) is 11.3 Å². The second kappa shape index (κ2) is 4.72. The van der Waals surface area contributed by atoms with Crippen LogP contribution < -0.4 is 5.32 Å². The number of rotatable bonds is 2. The van der Waals surface area contributed by atoms with Crippen molar-refractivity contribution in [3.05, 3.63) is 41.6 Å². The second-order valence-corrected chi connectivity index (χ2v) is 5.77. The molecule has 4 rings (SSSR count). The molecule has 1 aliphatic heterocycles. The van der Waals surface area contributed by atoms with Crippen LogP contribution in [0.25, 0.3) is 11.3 Å². The number of aromatic nitrogens is 2. The van der Waals surface area contributed by atoms with Gasteiger partial charge in [0.2, 0.25) is 0 Å². The Morgan fingerprint density at radius 1 is 1.20 bits per heavy atom. The van der Waals surface area contributed by atoms with Gasteiger partial charge in [0.15, 0.2) is 0 Å². The quantitative estimate of drug-likeness (QED) is 0.903. The topological polar surface area (TPSA) is 33.1 Å². The normalized spacial score (nSPS) is 21.8. The van der Waals surface area contributed by atoms with E-state index in [1.165, 1.54) is 22.4 Å². The fraction of sp³-hybridized carbons (Fsp3) is 0.438. The molecular formula is C16H20N4. The van der Waals surface area contributed by atoms with Crippen molar-refractivity contribution in [2.24, 2.45) is 0 Å². The van der Waals surface area contributed by atoms with Crippen LogP contribution in [0, 0.1) is 0 Å². The zero-order chi connectivity index (χ0) is 13.5. The Labute approximate surface area is 119 Å². The molecular weight excluding hydrogens is 248 g/mol. The maximum absolute atomic E-state index is 4.64. The fourth-order valence-corrected chi connectivity index (χ4v) is 3.42. The van der Waals surface area contributed by atoms with E-state index < -0.39 is 0 Å². The van der Waals surface area contributed by atoms with Gasteiger partial charge in [0.25, 0.3) is 0 Å². The lowest BCUT2D eigenvalue weighted by Gasteiger charge is -2.27. The molecule has 4 nitrogen and oxygen atoms in total. The Balaban J connectivity index is 1.70. The standard InChI is InChI=1S/C16H20N4/c1-12-13-4-2-3-5-14(13)16-15(12)10-18-20(16)11-19-8-6-17-7-9-19/h2-5,10,12,17H,6-9,11H2,1H3. The number of benzene rings is 1. The molecule has 1 aliphatic carbocycles. The van der Waals surface area contributed by atoms with Crippen molar-refractivity contribution >= 4 is 0 Å². The minimum Gasteiger partial charge on any atom is -0.314 e. The first-order valence-corrected chi connectivity index (χ1v) is 7.42. The van der Waals surface area contributed by atoms with Crippen LogP contribution in [0.3, 0.4) is 0 Å². The highest BCUT2D eigenvalue weighted by molar-refractivity contribution is 5.75. The van der Waals surface area contributed by atoms with Crippen LogP contribution in [0.2, 0.25) is 0 Å². The average Bonchev–Trinajstić information content (AvgIpc) is 3.02. The number of fused-ring (bicyclic) bond motifs is 3. The molecule has 0 amide bonds. The Morgan fingerprint density at radius 3 is 2.85 bits per heavy atom. The van der Waals surface area contributed by atoms with Gasteiger partial charge in [-0.2, -0.15) is 5.10 Å². The van der Waals surface area contributed by atoms with Gasteiger partial charge in [-0.15, -0.1) is 0 Å². The molecule has 0 radical (unpaired) electrons. The zero-order valence-corrected chi connectivity index (χ0v) is 11.8. The highest BCUT2D eigenvalue weighted by Gasteiger charge is 2.29. The fourth-order valence-electron chi connectivity index (χ4n) is 3.42. The number of piperazine rings is 1. The van der Waals surface area contributed by atoms with Gasteiger partial charge in [0.1, 0.15) is 0 Å². The highest BCUT2D eigenvalue weighted by atomic mass is 15.4. The molecule has 0 bridgehead atoms. The van der Waals surface area contributed by atoms with Gasteiger partial charge in [0.05, 0.1) is 18.6 Å². The molecule has 4 heteroatoms. The van der Waals surface area contributed by atoms with E-state index >= 15 is 0 Å². The largest absolute Gasteiger partial charge is 0.314 e. The smallest absolute Gasteiger partial charge is 0.0937 e. The van der Waals surface area contributed by atoms with Crippen molar-refractivity contribution < 1.29 is 0 Å². The summed E-state index contributed by atoms with van der Waals surface area (Å²) in [7, 11) is 0. The monoisotopic (exact) mass is 268 g/mol. The van der Waals surface area contributed by atoms with E-state index in [0.717, 1.165) is 32.8 Å². The summed E-state index contributed by atoms with van der Waals surface area (Å²) in [5, 5.41) is 8.03. The van der Waals surface area contributed by atoms with Crippen LogP contribution in [0.15, 0.2) is 30.5 Å². The minimum atomic E-state index is 0.470. The molecule has 0 spiro atoms. The van der Waals surface area contributed by atoms with E-state index in [1.54, 1.807) is 0 Å². The van der Waals surface area contributed by atoms with E-state index in [4.69, 9.17) is 0 Å². The zero-order valence-electron chi connectivity index (χ0n) is 11.8. The first-order valence-electron chi connectivity index (χ1n) is 7.42. The van der Waals surface area contributed by atoms with E-state index in [2.05, 4.69) is 57.4 Å². The summed E-state index contributed by atoms with van der Waals surface area (Å²) in [6.45, 7) is 7.55. The third-order valence-electron chi connectivity index (χ3n) is 4.56. The van der Waals surface area contributed by atoms with Gasteiger partial charge >= 0.3 is 0 Å². The summed E-state index contributed by atoms with van der Waals surface area (Å²) in [5.41, 5.74) is 5.50. The van der Waals surface area contributed by atoms with Crippen LogP contribution >= 0.6 is 0 Å². The van der Waals surface area contributed by atoms with Crippen LogP contribution in [0.5, 0.6) is 0 Å². The molecule has 1 unspecified atom stereocenters. The lowest BCUT2D eigenvalue weighted by molar-refractivity contribution is 0.185. The van der Waals surface area contributed by atoms with Crippen molar-refractivity contribution in [2.75, 3.05) is 26.2 Å². The van der Waals surface area contributed by atoms with Gasteiger partial charge in [0, 0.05) is 43.2 Å².